The number of alkyl halides is 1. The van der Waals surface area contributed by atoms with Crippen LogP contribution in [0.5, 0.6) is 5.75 Å². The molecule has 220 valence electrons. The first-order valence-corrected chi connectivity index (χ1v) is 14.9. The Balaban J connectivity index is 1.50. The Labute approximate surface area is 236 Å². The predicted molar refractivity (Wildman–Crippen MR) is 151 cm³/mol. The van der Waals surface area contributed by atoms with Crippen molar-refractivity contribution in [2.24, 2.45) is 11.8 Å². The molecule has 0 spiro atoms. The first-order valence-electron chi connectivity index (χ1n) is 14.9. The highest BCUT2D eigenvalue weighted by atomic mass is 19.1. The predicted octanol–water partition coefficient (Wildman–Crippen LogP) is 9.04. The van der Waals surface area contributed by atoms with Crippen LogP contribution in [0.25, 0.3) is 11.1 Å². The lowest BCUT2D eigenvalue weighted by Crippen LogP contribution is -2.29. The third-order valence-electron chi connectivity index (χ3n) is 7.96. The van der Waals surface area contributed by atoms with Gasteiger partial charge < -0.3 is 9.47 Å². The van der Waals surface area contributed by atoms with E-state index in [-0.39, 0.29) is 23.3 Å². The summed E-state index contributed by atoms with van der Waals surface area (Å²) in [6.07, 6.45) is 8.96. The van der Waals surface area contributed by atoms with Crippen LogP contribution in [0.3, 0.4) is 0 Å². The highest BCUT2D eigenvalue weighted by molar-refractivity contribution is 6.00. The number of unbranched alkanes of at least 4 members (excludes halogenated alkanes) is 5. The Morgan fingerprint density at radius 3 is 2.12 bits per heavy atom. The van der Waals surface area contributed by atoms with Crippen molar-refractivity contribution < 1.29 is 32.2 Å². The van der Waals surface area contributed by atoms with Crippen LogP contribution in [-0.2, 0) is 9.53 Å². The van der Waals surface area contributed by atoms with Gasteiger partial charge in [0, 0.05) is 6.61 Å². The molecule has 0 radical (unpaired) electrons. The van der Waals surface area contributed by atoms with Gasteiger partial charge in [0.1, 0.15) is 5.82 Å². The summed E-state index contributed by atoms with van der Waals surface area (Å²) >= 11 is 0. The van der Waals surface area contributed by atoms with Crippen LogP contribution in [-0.4, -0.2) is 30.6 Å². The van der Waals surface area contributed by atoms with Crippen LogP contribution in [0.2, 0.25) is 0 Å². The van der Waals surface area contributed by atoms with Gasteiger partial charge in [0.2, 0.25) is 0 Å². The minimum atomic E-state index is -1.79. The van der Waals surface area contributed by atoms with Crippen molar-refractivity contribution in [3.8, 4) is 16.9 Å². The maximum Gasteiger partial charge on any atom is 0.314 e. The first kappa shape index (κ1) is 31.9. The fourth-order valence-electron chi connectivity index (χ4n) is 5.06. The average Bonchev–Trinajstić information content (AvgIpc) is 2.96. The number of carbonyl (C=O) groups excluding carboxylic acids is 2. The van der Waals surface area contributed by atoms with Gasteiger partial charge in [0.25, 0.3) is 0 Å². The van der Waals surface area contributed by atoms with E-state index in [0.29, 0.717) is 30.4 Å². The number of ether oxygens (including phenoxy) is 2. The largest absolute Gasteiger partial charge is 0.423 e. The Hall–Kier alpha value is -2.67. The molecule has 0 unspecified atom stereocenters. The molecule has 1 aliphatic rings. The normalized spacial score (nSPS) is 18.8. The number of hydrogen-bond acceptors (Lipinski definition) is 4. The molecule has 2 aromatic rings. The van der Waals surface area contributed by atoms with E-state index in [1.165, 1.54) is 56.4 Å². The summed E-state index contributed by atoms with van der Waals surface area (Å²) in [7, 11) is 0. The van der Waals surface area contributed by atoms with Crippen molar-refractivity contribution in [2.75, 3.05) is 6.61 Å². The fraction of sp³-hybridized carbons (Fsp3) is 0.576. The van der Waals surface area contributed by atoms with Crippen molar-refractivity contribution in [1.29, 1.82) is 0 Å². The Bertz CT molecular complexity index is 1110. The lowest BCUT2D eigenvalue weighted by atomic mass is 9.87. The van der Waals surface area contributed by atoms with E-state index >= 15 is 0 Å². The van der Waals surface area contributed by atoms with Crippen LogP contribution in [0.4, 0.5) is 13.2 Å². The van der Waals surface area contributed by atoms with E-state index in [4.69, 9.17) is 9.47 Å². The number of benzene rings is 2. The van der Waals surface area contributed by atoms with Gasteiger partial charge in [-0.25, -0.2) is 13.2 Å². The lowest BCUT2D eigenvalue weighted by Gasteiger charge is -2.27. The summed E-state index contributed by atoms with van der Waals surface area (Å²) in [5, 5.41) is 0. The van der Waals surface area contributed by atoms with E-state index in [2.05, 4.69) is 6.92 Å². The van der Waals surface area contributed by atoms with Gasteiger partial charge in [-0.3, -0.25) is 9.59 Å². The smallest absolute Gasteiger partial charge is 0.314 e. The minimum absolute atomic E-state index is 0.156. The maximum atomic E-state index is 14.8. The molecule has 0 bridgehead atoms. The Morgan fingerprint density at radius 1 is 0.875 bits per heavy atom. The van der Waals surface area contributed by atoms with Crippen molar-refractivity contribution in [3.63, 3.8) is 0 Å². The highest BCUT2D eigenvalue weighted by Crippen LogP contribution is 2.31. The van der Waals surface area contributed by atoms with Crippen LogP contribution >= 0.6 is 0 Å². The topological polar surface area (TPSA) is 52.6 Å². The van der Waals surface area contributed by atoms with E-state index in [9.17, 15) is 22.8 Å². The molecule has 3 rings (SSSR count). The van der Waals surface area contributed by atoms with E-state index in [1.807, 2.05) is 0 Å². The number of halogens is 3. The highest BCUT2D eigenvalue weighted by Gasteiger charge is 2.29. The molecule has 2 aromatic carbocycles. The maximum absolute atomic E-state index is 14.8. The van der Waals surface area contributed by atoms with Crippen LogP contribution in [0.15, 0.2) is 36.4 Å². The van der Waals surface area contributed by atoms with Crippen molar-refractivity contribution in [2.45, 2.75) is 104 Å². The number of hydrogen-bond donors (Lipinski definition) is 0. The lowest BCUT2D eigenvalue weighted by molar-refractivity contribution is -0.141. The SMILES string of the molecule is CCCCCCCCOC1CCC(C(=O)Oc2ccc(-c3ccc(C(=O)[C@H](F)[C@@H](C)CC)c(F)c3)cc2F)CC1. The minimum Gasteiger partial charge on any atom is -0.423 e. The van der Waals surface area contributed by atoms with E-state index < -0.39 is 35.5 Å². The standard InChI is InChI=1S/C33H43F3O4/c1-4-6-7-8-9-10-19-39-26-15-11-23(12-16-26)33(38)40-30-18-14-25(21-29(30)35)24-13-17-27(28(34)20-24)32(37)31(36)22(3)5-2/h13-14,17-18,20-23,26,31H,4-12,15-16,19H2,1-3H3/t22-,23?,26?,31+/m0/s1. The second-order valence-corrected chi connectivity index (χ2v) is 11.0. The zero-order chi connectivity index (χ0) is 29.1. The molecule has 2 atom stereocenters. The van der Waals surface area contributed by atoms with E-state index in [0.717, 1.165) is 38.0 Å². The molecule has 4 nitrogen and oxygen atoms in total. The molecule has 0 saturated heterocycles. The Morgan fingerprint density at radius 2 is 1.50 bits per heavy atom. The van der Waals surface area contributed by atoms with Gasteiger partial charge in [0.15, 0.2) is 23.5 Å². The number of Topliss-reactive ketones (excluding diaryl/α,β-unsaturated/α-hetero) is 1. The molecular formula is C33H43F3O4. The molecule has 0 aromatic heterocycles. The molecule has 0 aliphatic heterocycles. The number of rotatable bonds is 15. The molecule has 40 heavy (non-hydrogen) atoms. The Kier molecular flexibility index (Phi) is 12.7. The summed E-state index contributed by atoms with van der Waals surface area (Å²) in [4.78, 5) is 25.0. The number of carbonyl (C=O) groups is 2. The number of esters is 1. The average molecular weight is 561 g/mol. The third kappa shape index (κ3) is 8.92. The molecule has 1 fully saturated rings. The second kappa shape index (κ2) is 15.9. The summed E-state index contributed by atoms with van der Waals surface area (Å²) < 4.78 is 55.2. The van der Waals surface area contributed by atoms with Crippen molar-refractivity contribution in [3.05, 3.63) is 53.6 Å². The van der Waals surface area contributed by atoms with Crippen molar-refractivity contribution in [1.82, 2.24) is 0 Å². The van der Waals surface area contributed by atoms with Gasteiger partial charge in [-0.05, 0) is 73.4 Å². The fourth-order valence-corrected chi connectivity index (χ4v) is 5.06. The first-order chi connectivity index (χ1) is 19.2. The van der Waals surface area contributed by atoms with Crippen LogP contribution in [0, 0.1) is 23.5 Å². The van der Waals surface area contributed by atoms with Crippen LogP contribution < -0.4 is 4.74 Å². The van der Waals surface area contributed by atoms with E-state index in [1.54, 1.807) is 13.8 Å². The van der Waals surface area contributed by atoms with Gasteiger partial charge in [-0.1, -0.05) is 71.4 Å². The summed E-state index contributed by atoms with van der Waals surface area (Å²) in [6.45, 7) is 6.32. The number of ketones is 1. The third-order valence-corrected chi connectivity index (χ3v) is 7.96. The summed E-state index contributed by atoms with van der Waals surface area (Å²) in [5.41, 5.74) is 0.339. The molecule has 0 N–H and O–H groups in total. The monoisotopic (exact) mass is 560 g/mol. The second-order valence-electron chi connectivity index (χ2n) is 11.0. The molecule has 1 saturated carbocycles. The van der Waals surface area contributed by atoms with Crippen molar-refractivity contribution >= 4 is 11.8 Å². The molecule has 0 amide bonds. The van der Waals surface area contributed by atoms with Crippen LogP contribution in [0.1, 0.15) is 102 Å². The molecule has 7 heteroatoms. The quantitative estimate of drug-likeness (QED) is 0.0944. The summed E-state index contributed by atoms with van der Waals surface area (Å²) in [5.74, 6) is -3.98. The zero-order valence-corrected chi connectivity index (χ0v) is 24.0. The van der Waals surface area contributed by atoms with Gasteiger partial charge in [-0.15, -0.1) is 0 Å². The van der Waals surface area contributed by atoms with Gasteiger partial charge in [0.05, 0.1) is 17.6 Å². The van der Waals surface area contributed by atoms with Gasteiger partial charge in [-0.2, -0.15) is 0 Å². The van der Waals surface area contributed by atoms with Gasteiger partial charge >= 0.3 is 5.97 Å². The molecule has 0 heterocycles. The summed E-state index contributed by atoms with van der Waals surface area (Å²) in [6, 6.07) is 7.78. The zero-order valence-electron chi connectivity index (χ0n) is 24.0. The molecular weight excluding hydrogens is 517 g/mol. The molecule has 1 aliphatic carbocycles.